The molecular weight excluding hydrogens is 156 g/mol. The van der Waals surface area contributed by atoms with Crippen LogP contribution in [0.15, 0.2) is 24.0 Å². The van der Waals surface area contributed by atoms with Crippen molar-refractivity contribution in [2.75, 3.05) is 14.2 Å². The summed E-state index contributed by atoms with van der Waals surface area (Å²) in [6.07, 6.45) is 4.62. The molecular formula is C9H14O3. The van der Waals surface area contributed by atoms with E-state index < -0.39 is 11.7 Å². The van der Waals surface area contributed by atoms with Crippen LogP contribution in [0.1, 0.15) is 6.92 Å². The molecule has 1 aliphatic carbocycles. The monoisotopic (exact) mass is 170 g/mol. The van der Waals surface area contributed by atoms with Gasteiger partial charge in [-0.1, -0.05) is 6.08 Å². The van der Waals surface area contributed by atoms with Gasteiger partial charge < -0.3 is 14.6 Å². The Morgan fingerprint density at radius 1 is 1.50 bits per heavy atom. The fraction of sp³-hybridized carbons (Fsp3) is 0.556. The molecule has 0 aromatic carbocycles. The molecule has 0 fully saturated rings. The number of aliphatic hydroxyl groups excluding tert-OH is 1. The van der Waals surface area contributed by atoms with Crippen LogP contribution in [0, 0.1) is 0 Å². The topological polar surface area (TPSA) is 38.7 Å². The maximum atomic E-state index is 9.72. The molecule has 1 N–H and O–H groups in total. The van der Waals surface area contributed by atoms with Crippen molar-refractivity contribution in [1.82, 2.24) is 0 Å². The van der Waals surface area contributed by atoms with Crippen LogP contribution >= 0.6 is 0 Å². The van der Waals surface area contributed by atoms with E-state index in [1.807, 2.05) is 6.08 Å². The maximum Gasteiger partial charge on any atom is 0.143 e. The molecule has 1 aliphatic rings. The Bertz CT molecular complexity index is 220. The van der Waals surface area contributed by atoms with Gasteiger partial charge in [-0.3, -0.25) is 0 Å². The van der Waals surface area contributed by atoms with Gasteiger partial charge in [-0.25, -0.2) is 0 Å². The maximum absolute atomic E-state index is 9.72. The summed E-state index contributed by atoms with van der Waals surface area (Å²) in [5, 5.41) is 9.72. The summed E-state index contributed by atoms with van der Waals surface area (Å²) in [5.74, 6) is 0.529. The fourth-order valence-electron chi connectivity index (χ4n) is 1.16. The van der Waals surface area contributed by atoms with Gasteiger partial charge in [-0.2, -0.15) is 0 Å². The lowest BCUT2D eigenvalue weighted by molar-refractivity contribution is -0.0599. The summed E-state index contributed by atoms with van der Waals surface area (Å²) >= 11 is 0. The highest BCUT2D eigenvalue weighted by molar-refractivity contribution is 5.26. The van der Waals surface area contributed by atoms with Crippen molar-refractivity contribution < 1.29 is 14.6 Å². The molecule has 0 radical (unpaired) electrons. The van der Waals surface area contributed by atoms with Crippen LogP contribution in [-0.2, 0) is 9.47 Å². The summed E-state index contributed by atoms with van der Waals surface area (Å²) in [4.78, 5) is 0. The minimum Gasteiger partial charge on any atom is -0.498 e. The van der Waals surface area contributed by atoms with Crippen LogP contribution in [0.5, 0.6) is 0 Å². The molecule has 2 unspecified atom stereocenters. The van der Waals surface area contributed by atoms with E-state index in [4.69, 9.17) is 9.47 Å². The van der Waals surface area contributed by atoms with Crippen molar-refractivity contribution in [3.63, 3.8) is 0 Å². The third-order valence-electron chi connectivity index (χ3n) is 2.18. The molecule has 3 heteroatoms. The zero-order valence-electron chi connectivity index (χ0n) is 7.57. The first-order valence-corrected chi connectivity index (χ1v) is 3.80. The summed E-state index contributed by atoms with van der Waals surface area (Å²) in [5.41, 5.74) is -0.667. The largest absolute Gasteiger partial charge is 0.498 e. The Hall–Kier alpha value is -0.800. The highest BCUT2D eigenvalue weighted by Crippen LogP contribution is 2.26. The highest BCUT2D eigenvalue weighted by Gasteiger charge is 2.35. The molecule has 0 aromatic heterocycles. The van der Waals surface area contributed by atoms with Crippen molar-refractivity contribution in [1.29, 1.82) is 0 Å². The average Bonchev–Trinajstić information content (AvgIpc) is 2.10. The zero-order valence-corrected chi connectivity index (χ0v) is 7.57. The fourth-order valence-corrected chi connectivity index (χ4v) is 1.16. The number of aliphatic hydroxyl groups is 1. The van der Waals surface area contributed by atoms with E-state index in [9.17, 15) is 5.11 Å². The van der Waals surface area contributed by atoms with Crippen LogP contribution in [0.2, 0.25) is 0 Å². The van der Waals surface area contributed by atoms with E-state index in [-0.39, 0.29) is 0 Å². The minimum absolute atomic E-state index is 0.529. The van der Waals surface area contributed by atoms with Gasteiger partial charge >= 0.3 is 0 Å². The van der Waals surface area contributed by atoms with Crippen LogP contribution < -0.4 is 0 Å². The molecule has 0 heterocycles. The summed E-state index contributed by atoms with van der Waals surface area (Å²) in [6.45, 7) is 1.81. The summed E-state index contributed by atoms with van der Waals surface area (Å²) in [6, 6.07) is 0. The molecule has 0 amide bonds. The lowest BCUT2D eigenvalue weighted by Gasteiger charge is -2.32. The lowest BCUT2D eigenvalue weighted by atomic mass is 9.93. The second kappa shape index (κ2) is 3.29. The van der Waals surface area contributed by atoms with Crippen molar-refractivity contribution in [2.45, 2.75) is 18.6 Å². The lowest BCUT2D eigenvalue weighted by Crippen LogP contribution is -2.42. The number of hydrogen-bond acceptors (Lipinski definition) is 3. The van der Waals surface area contributed by atoms with Gasteiger partial charge in [0, 0.05) is 7.11 Å². The van der Waals surface area contributed by atoms with Crippen molar-refractivity contribution in [3.8, 4) is 0 Å². The normalized spacial score (nSPS) is 34.7. The van der Waals surface area contributed by atoms with E-state index in [0.717, 1.165) is 0 Å². The SMILES string of the molecule is COC1=CC=CC(C)(OC)C1O. The van der Waals surface area contributed by atoms with E-state index in [1.165, 1.54) is 7.11 Å². The van der Waals surface area contributed by atoms with Gasteiger partial charge in [0.1, 0.15) is 17.5 Å². The van der Waals surface area contributed by atoms with E-state index >= 15 is 0 Å². The van der Waals surface area contributed by atoms with Gasteiger partial charge in [-0.15, -0.1) is 0 Å². The summed E-state index contributed by atoms with van der Waals surface area (Å²) < 4.78 is 10.1. The first-order chi connectivity index (χ1) is 5.64. The van der Waals surface area contributed by atoms with Gasteiger partial charge in [0.05, 0.1) is 7.11 Å². The molecule has 0 bridgehead atoms. The Morgan fingerprint density at radius 2 is 2.17 bits per heavy atom. The van der Waals surface area contributed by atoms with E-state index in [0.29, 0.717) is 5.76 Å². The number of hydrogen-bond donors (Lipinski definition) is 1. The molecule has 3 nitrogen and oxygen atoms in total. The van der Waals surface area contributed by atoms with Crippen molar-refractivity contribution in [2.24, 2.45) is 0 Å². The zero-order chi connectivity index (χ0) is 9.19. The Morgan fingerprint density at radius 3 is 2.67 bits per heavy atom. The van der Waals surface area contributed by atoms with Gasteiger partial charge in [-0.05, 0) is 19.1 Å². The smallest absolute Gasteiger partial charge is 0.143 e. The second-order valence-electron chi connectivity index (χ2n) is 2.92. The highest BCUT2D eigenvalue weighted by atomic mass is 16.5. The Balaban J connectivity index is 2.87. The number of ether oxygens (including phenoxy) is 2. The third kappa shape index (κ3) is 1.38. The minimum atomic E-state index is -0.725. The quantitative estimate of drug-likeness (QED) is 0.667. The molecule has 0 aliphatic heterocycles. The van der Waals surface area contributed by atoms with Crippen LogP contribution in [0.4, 0.5) is 0 Å². The van der Waals surface area contributed by atoms with Crippen molar-refractivity contribution >= 4 is 0 Å². The predicted molar refractivity (Wildman–Crippen MR) is 45.7 cm³/mol. The molecule has 12 heavy (non-hydrogen) atoms. The van der Waals surface area contributed by atoms with Gasteiger partial charge in [0.2, 0.25) is 0 Å². The average molecular weight is 170 g/mol. The molecule has 0 aromatic rings. The van der Waals surface area contributed by atoms with Crippen molar-refractivity contribution in [3.05, 3.63) is 24.0 Å². The van der Waals surface area contributed by atoms with E-state index in [2.05, 4.69) is 0 Å². The third-order valence-corrected chi connectivity index (χ3v) is 2.18. The summed E-state index contributed by atoms with van der Waals surface area (Å²) in [7, 11) is 3.09. The van der Waals surface area contributed by atoms with Crippen LogP contribution in [-0.4, -0.2) is 31.0 Å². The predicted octanol–water partition coefficient (Wildman–Crippen LogP) is 0.853. The molecule has 68 valence electrons. The molecule has 0 saturated heterocycles. The number of rotatable bonds is 2. The number of methoxy groups -OCH3 is 2. The first-order valence-electron chi connectivity index (χ1n) is 3.80. The Labute approximate surface area is 72.3 Å². The Kier molecular flexibility index (Phi) is 2.55. The number of allylic oxidation sites excluding steroid dienone is 2. The second-order valence-corrected chi connectivity index (χ2v) is 2.92. The molecule has 0 saturated carbocycles. The standard InChI is InChI=1S/C9H14O3/c1-9(12-3)6-4-5-7(11-2)8(9)10/h4-6,8,10H,1-3H3. The van der Waals surface area contributed by atoms with Gasteiger partial charge in [0.15, 0.2) is 0 Å². The van der Waals surface area contributed by atoms with Crippen LogP contribution in [0.25, 0.3) is 0 Å². The molecule has 0 spiro atoms. The molecule has 2 atom stereocenters. The van der Waals surface area contributed by atoms with Gasteiger partial charge in [0.25, 0.3) is 0 Å². The van der Waals surface area contributed by atoms with E-state index in [1.54, 1.807) is 26.2 Å². The first kappa shape index (κ1) is 9.29. The molecule has 1 rings (SSSR count). The van der Waals surface area contributed by atoms with Crippen LogP contribution in [0.3, 0.4) is 0 Å².